The van der Waals surface area contributed by atoms with Crippen molar-refractivity contribution in [2.75, 3.05) is 5.75 Å². The molecule has 0 heterocycles. The highest BCUT2D eigenvalue weighted by Crippen LogP contribution is 2.66. The van der Waals surface area contributed by atoms with E-state index in [4.69, 9.17) is 0 Å². The zero-order chi connectivity index (χ0) is 21.8. The topological polar surface area (TPSA) is 20.2 Å². The van der Waals surface area contributed by atoms with E-state index in [0.717, 1.165) is 30.6 Å². The Morgan fingerprint density at radius 3 is 2.75 bits per heavy atom. The van der Waals surface area contributed by atoms with Crippen molar-refractivity contribution in [3.05, 3.63) is 54.1 Å². The summed E-state index contributed by atoms with van der Waals surface area (Å²) in [5, 5.41) is 13.0. The number of aliphatic hydroxyl groups excluding tert-OH is 1. The first-order valence-electron chi connectivity index (χ1n) is 13.1. The quantitative estimate of drug-likeness (QED) is 0.379. The van der Waals surface area contributed by atoms with Crippen LogP contribution in [0, 0.1) is 28.6 Å². The van der Waals surface area contributed by atoms with Crippen LogP contribution in [0.1, 0.15) is 71.1 Å². The van der Waals surface area contributed by atoms with Gasteiger partial charge in [0.05, 0.1) is 6.10 Å². The van der Waals surface area contributed by atoms with Crippen molar-refractivity contribution in [3.63, 3.8) is 0 Å². The number of allylic oxidation sites excluding steroid dienone is 1. The average molecular weight is 447 g/mol. The molecule has 1 N–H and O–H groups in total. The van der Waals surface area contributed by atoms with Crippen molar-refractivity contribution in [1.29, 1.82) is 0 Å². The van der Waals surface area contributed by atoms with Crippen molar-refractivity contribution in [1.82, 2.24) is 0 Å². The number of hydrogen-bond donors (Lipinski definition) is 1. The SMILES string of the molecule is C[C@]12CC[C@H](O)CC1=CC[C@H]1[C@@H]3CCC[C@@]3(CCSc3ccc4ccccc4c3)CC[C@@H]12. The second-order valence-electron chi connectivity index (χ2n) is 11.6. The molecule has 2 aromatic carbocycles. The number of rotatable bonds is 4. The van der Waals surface area contributed by atoms with Crippen molar-refractivity contribution < 1.29 is 5.11 Å². The molecular formula is C30H38OS. The lowest BCUT2D eigenvalue weighted by Gasteiger charge is -2.58. The maximum absolute atomic E-state index is 10.3. The maximum Gasteiger partial charge on any atom is 0.0577 e. The fraction of sp³-hybridized carbons (Fsp3) is 0.600. The first-order valence-corrected chi connectivity index (χ1v) is 14.1. The zero-order valence-corrected chi connectivity index (χ0v) is 20.4. The fourth-order valence-electron chi connectivity index (χ4n) is 8.50. The van der Waals surface area contributed by atoms with Gasteiger partial charge in [0.25, 0.3) is 0 Å². The predicted molar refractivity (Wildman–Crippen MR) is 136 cm³/mol. The molecule has 32 heavy (non-hydrogen) atoms. The number of hydrogen-bond acceptors (Lipinski definition) is 2. The van der Waals surface area contributed by atoms with Crippen LogP contribution in [-0.2, 0) is 0 Å². The summed E-state index contributed by atoms with van der Waals surface area (Å²) >= 11 is 2.08. The Balaban J connectivity index is 1.17. The van der Waals surface area contributed by atoms with Gasteiger partial charge in [0.15, 0.2) is 0 Å². The van der Waals surface area contributed by atoms with E-state index < -0.39 is 0 Å². The minimum absolute atomic E-state index is 0.0906. The van der Waals surface area contributed by atoms with Gasteiger partial charge in [-0.3, -0.25) is 0 Å². The molecule has 0 aliphatic heterocycles. The molecule has 4 aliphatic carbocycles. The van der Waals surface area contributed by atoms with Crippen LogP contribution >= 0.6 is 11.8 Å². The summed E-state index contributed by atoms with van der Waals surface area (Å²) < 4.78 is 0. The third-order valence-electron chi connectivity index (χ3n) is 10.2. The maximum atomic E-state index is 10.3. The molecule has 0 unspecified atom stereocenters. The molecule has 0 aromatic heterocycles. The molecule has 0 spiro atoms. The summed E-state index contributed by atoms with van der Waals surface area (Å²) in [7, 11) is 0. The van der Waals surface area contributed by atoms with Crippen LogP contribution in [0.5, 0.6) is 0 Å². The van der Waals surface area contributed by atoms with Crippen molar-refractivity contribution in [3.8, 4) is 0 Å². The molecule has 6 atom stereocenters. The van der Waals surface area contributed by atoms with E-state index in [2.05, 4.69) is 67.2 Å². The first-order chi connectivity index (χ1) is 15.6. The van der Waals surface area contributed by atoms with E-state index in [1.165, 1.54) is 72.8 Å². The molecule has 4 aliphatic rings. The molecule has 0 amide bonds. The summed E-state index contributed by atoms with van der Waals surface area (Å²) in [6.45, 7) is 2.55. The highest BCUT2D eigenvalue weighted by atomic mass is 32.2. The van der Waals surface area contributed by atoms with E-state index in [-0.39, 0.29) is 6.10 Å². The van der Waals surface area contributed by atoms with Crippen LogP contribution in [0.2, 0.25) is 0 Å². The molecule has 170 valence electrons. The Kier molecular flexibility index (Phi) is 5.46. The molecule has 0 radical (unpaired) electrons. The van der Waals surface area contributed by atoms with Crippen LogP contribution in [0.4, 0.5) is 0 Å². The smallest absolute Gasteiger partial charge is 0.0577 e. The second kappa shape index (κ2) is 8.20. The summed E-state index contributed by atoms with van der Waals surface area (Å²) in [4.78, 5) is 1.43. The lowest BCUT2D eigenvalue weighted by molar-refractivity contribution is -0.0440. The number of benzene rings is 2. The third-order valence-corrected chi connectivity index (χ3v) is 11.2. The standard InChI is InChI=1S/C30H38OS/c1-29-15-12-24(31)20-23(29)9-11-26-27(29)13-16-30(14-4-7-28(26)30)17-18-32-25-10-8-21-5-2-3-6-22(21)19-25/h2-3,5-6,8-10,19,24,26-28,31H,4,7,11-18,20H2,1H3/t24-,26+,27-,28-,29-,30-/m0/s1. The van der Waals surface area contributed by atoms with Gasteiger partial charge in [-0.1, -0.05) is 55.3 Å². The molecule has 0 saturated heterocycles. The molecule has 1 nitrogen and oxygen atoms in total. The van der Waals surface area contributed by atoms with Gasteiger partial charge in [-0.2, -0.15) is 0 Å². The highest BCUT2D eigenvalue weighted by molar-refractivity contribution is 7.99. The molecule has 2 heteroatoms. The summed E-state index contributed by atoms with van der Waals surface area (Å²) in [5.74, 6) is 3.94. The van der Waals surface area contributed by atoms with E-state index >= 15 is 0 Å². The van der Waals surface area contributed by atoms with Crippen molar-refractivity contribution in [2.24, 2.45) is 28.6 Å². The normalized spacial score (nSPS) is 38.6. The van der Waals surface area contributed by atoms with Crippen molar-refractivity contribution >= 4 is 22.5 Å². The summed E-state index contributed by atoms with van der Waals surface area (Å²) in [5.41, 5.74) is 2.58. The molecular weight excluding hydrogens is 408 g/mol. The van der Waals surface area contributed by atoms with Gasteiger partial charge in [0.1, 0.15) is 0 Å². The molecule has 3 saturated carbocycles. The summed E-state index contributed by atoms with van der Waals surface area (Å²) in [6, 6.07) is 15.7. The van der Waals surface area contributed by atoms with E-state index in [1.54, 1.807) is 5.57 Å². The Bertz CT molecular complexity index is 1030. The Morgan fingerprint density at radius 2 is 1.84 bits per heavy atom. The van der Waals surface area contributed by atoms with Crippen LogP contribution in [0.15, 0.2) is 59.0 Å². The van der Waals surface area contributed by atoms with Gasteiger partial charge in [-0.15, -0.1) is 11.8 Å². The van der Waals surface area contributed by atoms with Gasteiger partial charge in [0, 0.05) is 4.90 Å². The lowest BCUT2D eigenvalue weighted by atomic mass is 9.47. The molecule has 0 bridgehead atoms. The molecule has 2 aromatic rings. The largest absolute Gasteiger partial charge is 0.393 e. The zero-order valence-electron chi connectivity index (χ0n) is 19.6. The van der Waals surface area contributed by atoms with Crippen molar-refractivity contribution in [2.45, 2.75) is 82.1 Å². The number of fused-ring (bicyclic) bond motifs is 6. The second-order valence-corrected chi connectivity index (χ2v) is 12.7. The number of aliphatic hydroxyl groups is 1. The van der Waals surface area contributed by atoms with Crippen LogP contribution < -0.4 is 0 Å². The van der Waals surface area contributed by atoms with E-state index in [9.17, 15) is 5.11 Å². The predicted octanol–water partition coefficient (Wildman–Crippen LogP) is 8.02. The molecule has 6 rings (SSSR count). The van der Waals surface area contributed by atoms with Crippen LogP contribution in [0.25, 0.3) is 10.8 Å². The van der Waals surface area contributed by atoms with Gasteiger partial charge < -0.3 is 5.11 Å². The van der Waals surface area contributed by atoms with Gasteiger partial charge >= 0.3 is 0 Å². The highest BCUT2D eigenvalue weighted by Gasteiger charge is 2.56. The van der Waals surface area contributed by atoms with Crippen LogP contribution in [0.3, 0.4) is 0 Å². The van der Waals surface area contributed by atoms with Gasteiger partial charge in [-0.25, -0.2) is 0 Å². The van der Waals surface area contributed by atoms with Gasteiger partial charge in [-0.05, 0) is 115 Å². The summed E-state index contributed by atoms with van der Waals surface area (Å²) in [6.07, 6.45) is 15.6. The fourth-order valence-corrected chi connectivity index (χ4v) is 9.62. The number of thioether (sulfide) groups is 1. The molecule has 3 fully saturated rings. The first kappa shape index (κ1) is 21.3. The van der Waals surface area contributed by atoms with Gasteiger partial charge in [0.2, 0.25) is 0 Å². The van der Waals surface area contributed by atoms with E-state index in [0.29, 0.717) is 10.8 Å². The Labute approximate surface area is 198 Å². The minimum Gasteiger partial charge on any atom is -0.393 e. The average Bonchev–Trinajstić information content (AvgIpc) is 3.24. The monoisotopic (exact) mass is 446 g/mol. The Hall–Kier alpha value is -1.25. The minimum atomic E-state index is -0.0906. The Morgan fingerprint density at radius 1 is 0.969 bits per heavy atom. The lowest BCUT2D eigenvalue weighted by Crippen LogP contribution is -2.50. The van der Waals surface area contributed by atoms with Crippen LogP contribution in [-0.4, -0.2) is 17.0 Å². The third kappa shape index (κ3) is 3.48. The van der Waals surface area contributed by atoms with E-state index in [1.807, 2.05) is 0 Å².